The summed E-state index contributed by atoms with van der Waals surface area (Å²) in [5.74, 6) is 0.214. The van der Waals surface area contributed by atoms with Crippen molar-refractivity contribution in [2.45, 2.75) is 13.5 Å². The first-order valence-corrected chi connectivity index (χ1v) is 6.74. The molecule has 1 amide bonds. The second-order valence-corrected chi connectivity index (χ2v) is 4.83. The third kappa shape index (κ3) is 3.05. The van der Waals surface area contributed by atoms with Gasteiger partial charge in [-0.15, -0.1) is 0 Å². The molecule has 1 heterocycles. The molecule has 2 rings (SSSR count). The molecule has 2 aromatic rings. The molecule has 0 aliphatic heterocycles. The van der Waals surface area contributed by atoms with Gasteiger partial charge in [-0.2, -0.15) is 5.10 Å². The van der Waals surface area contributed by atoms with Crippen LogP contribution in [-0.4, -0.2) is 39.6 Å². The highest BCUT2D eigenvalue weighted by Gasteiger charge is 2.18. The minimum atomic E-state index is -0.467. The number of nitrogens with one attached hydrogen (secondary N) is 1. The fraction of sp³-hybridized carbons (Fsp3) is 0.286. The van der Waals surface area contributed by atoms with Gasteiger partial charge in [-0.1, -0.05) is 12.1 Å². The van der Waals surface area contributed by atoms with Crippen LogP contribution in [0.3, 0.4) is 0 Å². The third-order valence-corrected chi connectivity index (χ3v) is 3.07. The van der Waals surface area contributed by atoms with Gasteiger partial charge in [0.15, 0.2) is 5.82 Å². The Hall–Kier alpha value is -2.90. The monoisotopic (exact) mass is 303 g/mol. The smallest absolute Gasteiger partial charge is 0.292 e. The number of para-hydroxylation sites is 2. The first-order chi connectivity index (χ1) is 10.4. The van der Waals surface area contributed by atoms with Crippen molar-refractivity contribution >= 4 is 23.1 Å². The van der Waals surface area contributed by atoms with Gasteiger partial charge in [-0.25, -0.2) is 0 Å². The molecule has 22 heavy (non-hydrogen) atoms. The molecule has 1 N–H and O–H groups in total. The molecule has 0 spiro atoms. The molecule has 1 aromatic heterocycles. The highest BCUT2D eigenvalue weighted by atomic mass is 16.6. The number of hydrogen-bond donors (Lipinski definition) is 1. The molecule has 1 aromatic carbocycles. The van der Waals surface area contributed by atoms with Crippen LogP contribution in [0.25, 0.3) is 0 Å². The van der Waals surface area contributed by atoms with E-state index in [2.05, 4.69) is 10.4 Å². The van der Waals surface area contributed by atoms with Gasteiger partial charge in [0, 0.05) is 32.8 Å². The van der Waals surface area contributed by atoms with E-state index in [1.165, 1.54) is 11.0 Å². The standard InChI is InChI=1S/C14H17N5O3/c1-4-18-12(14(20)17(2)3)9-13(16-18)15-10-7-5-6-8-11(10)19(21)22/h5-9H,4H2,1-3H3,(H,15,16). The summed E-state index contributed by atoms with van der Waals surface area (Å²) in [5.41, 5.74) is 0.708. The SMILES string of the molecule is CCn1nc(Nc2ccccc2[N+](=O)[O-])cc1C(=O)N(C)C. The molecular formula is C14H17N5O3. The number of aromatic nitrogens is 2. The maximum Gasteiger partial charge on any atom is 0.292 e. The van der Waals surface area contributed by atoms with Gasteiger partial charge in [-0.3, -0.25) is 19.6 Å². The molecule has 0 fully saturated rings. The maximum atomic E-state index is 12.1. The second kappa shape index (κ2) is 6.25. The average molecular weight is 303 g/mol. The molecular weight excluding hydrogens is 286 g/mol. The number of anilines is 2. The lowest BCUT2D eigenvalue weighted by molar-refractivity contribution is -0.383. The molecule has 0 aliphatic carbocycles. The summed E-state index contributed by atoms with van der Waals surface area (Å²) in [6, 6.07) is 7.87. The molecule has 0 radical (unpaired) electrons. The molecule has 116 valence electrons. The lowest BCUT2D eigenvalue weighted by Crippen LogP contribution is -2.24. The van der Waals surface area contributed by atoms with E-state index in [-0.39, 0.29) is 11.6 Å². The summed E-state index contributed by atoms with van der Waals surface area (Å²) in [6.45, 7) is 2.39. The molecule has 0 saturated heterocycles. The van der Waals surface area contributed by atoms with E-state index in [1.54, 1.807) is 43.0 Å². The minimum Gasteiger partial charge on any atom is -0.343 e. The predicted molar refractivity (Wildman–Crippen MR) is 82.3 cm³/mol. The van der Waals surface area contributed by atoms with Crippen molar-refractivity contribution in [3.8, 4) is 0 Å². The number of nitro groups is 1. The molecule has 0 aliphatic rings. The summed E-state index contributed by atoms with van der Waals surface area (Å²) < 4.78 is 1.56. The lowest BCUT2D eigenvalue weighted by Gasteiger charge is -2.10. The number of carbonyl (C=O) groups is 1. The van der Waals surface area contributed by atoms with Gasteiger partial charge in [0.05, 0.1) is 4.92 Å². The van der Waals surface area contributed by atoms with Crippen molar-refractivity contribution < 1.29 is 9.72 Å². The van der Waals surface area contributed by atoms with Gasteiger partial charge in [0.25, 0.3) is 11.6 Å². The van der Waals surface area contributed by atoms with Crippen LogP contribution in [0.5, 0.6) is 0 Å². The summed E-state index contributed by atoms with van der Waals surface area (Å²) >= 11 is 0. The quantitative estimate of drug-likeness (QED) is 0.675. The number of aryl methyl sites for hydroxylation is 1. The van der Waals surface area contributed by atoms with Crippen molar-refractivity contribution in [3.63, 3.8) is 0 Å². The number of nitro benzene ring substituents is 1. The number of benzene rings is 1. The fourth-order valence-electron chi connectivity index (χ4n) is 2.00. The van der Waals surface area contributed by atoms with Crippen LogP contribution in [-0.2, 0) is 6.54 Å². The van der Waals surface area contributed by atoms with E-state index >= 15 is 0 Å². The van der Waals surface area contributed by atoms with Gasteiger partial charge in [0.2, 0.25) is 0 Å². The first-order valence-electron chi connectivity index (χ1n) is 6.74. The van der Waals surface area contributed by atoms with Crippen molar-refractivity contribution in [1.29, 1.82) is 0 Å². The zero-order chi connectivity index (χ0) is 16.3. The molecule has 8 heteroatoms. The van der Waals surface area contributed by atoms with Crippen molar-refractivity contribution in [2.24, 2.45) is 0 Å². The predicted octanol–water partition coefficient (Wildman–Crippen LogP) is 2.26. The summed E-state index contributed by atoms with van der Waals surface area (Å²) in [5, 5.41) is 18.2. The zero-order valence-electron chi connectivity index (χ0n) is 12.6. The van der Waals surface area contributed by atoms with Crippen LogP contribution in [0.15, 0.2) is 30.3 Å². The van der Waals surface area contributed by atoms with Crippen LogP contribution in [0.2, 0.25) is 0 Å². The van der Waals surface area contributed by atoms with E-state index in [0.29, 0.717) is 23.7 Å². The lowest BCUT2D eigenvalue weighted by atomic mass is 10.2. The van der Waals surface area contributed by atoms with Gasteiger partial charge in [-0.05, 0) is 13.0 Å². The Morgan fingerprint density at radius 3 is 2.68 bits per heavy atom. The first kappa shape index (κ1) is 15.5. The molecule has 8 nitrogen and oxygen atoms in total. The van der Waals surface area contributed by atoms with Gasteiger partial charge < -0.3 is 10.2 Å². The van der Waals surface area contributed by atoms with E-state index in [0.717, 1.165) is 0 Å². The number of nitrogens with zero attached hydrogens (tertiary/aromatic N) is 4. The fourth-order valence-corrected chi connectivity index (χ4v) is 2.00. The highest BCUT2D eigenvalue weighted by Crippen LogP contribution is 2.26. The minimum absolute atomic E-state index is 0.0472. The normalized spacial score (nSPS) is 10.3. The Kier molecular flexibility index (Phi) is 4.40. The van der Waals surface area contributed by atoms with Crippen LogP contribution >= 0.6 is 0 Å². The van der Waals surface area contributed by atoms with Crippen LogP contribution in [0, 0.1) is 10.1 Å². The number of hydrogen-bond acceptors (Lipinski definition) is 5. The summed E-state index contributed by atoms with van der Waals surface area (Å²) in [7, 11) is 3.31. The van der Waals surface area contributed by atoms with E-state index in [9.17, 15) is 14.9 Å². The average Bonchev–Trinajstić information content (AvgIpc) is 2.89. The van der Waals surface area contributed by atoms with Crippen molar-refractivity contribution in [1.82, 2.24) is 14.7 Å². The third-order valence-electron chi connectivity index (χ3n) is 3.07. The molecule has 0 unspecified atom stereocenters. The Balaban J connectivity index is 2.36. The number of rotatable bonds is 5. The Bertz CT molecular complexity index is 708. The topological polar surface area (TPSA) is 93.3 Å². The Labute approximate surface area is 127 Å². The van der Waals surface area contributed by atoms with E-state index < -0.39 is 4.92 Å². The van der Waals surface area contributed by atoms with Gasteiger partial charge in [0.1, 0.15) is 11.4 Å². The molecule has 0 atom stereocenters. The largest absolute Gasteiger partial charge is 0.343 e. The number of amides is 1. The van der Waals surface area contributed by atoms with Crippen molar-refractivity contribution in [3.05, 3.63) is 46.1 Å². The van der Waals surface area contributed by atoms with Crippen LogP contribution in [0.1, 0.15) is 17.4 Å². The van der Waals surface area contributed by atoms with E-state index in [4.69, 9.17) is 0 Å². The van der Waals surface area contributed by atoms with Gasteiger partial charge >= 0.3 is 0 Å². The van der Waals surface area contributed by atoms with Crippen molar-refractivity contribution in [2.75, 3.05) is 19.4 Å². The van der Waals surface area contributed by atoms with E-state index in [1.807, 2.05) is 6.92 Å². The zero-order valence-corrected chi connectivity index (χ0v) is 12.6. The van der Waals surface area contributed by atoms with Crippen LogP contribution in [0.4, 0.5) is 17.2 Å². The highest BCUT2D eigenvalue weighted by molar-refractivity contribution is 5.93. The maximum absolute atomic E-state index is 12.1. The molecule has 0 bridgehead atoms. The second-order valence-electron chi connectivity index (χ2n) is 4.83. The summed E-state index contributed by atoms with van der Waals surface area (Å²) in [4.78, 5) is 24.1. The number of carbonyl (C=O) groups excluding carboxylic acids is 1. The summed E-state index contributed by atoms with van der Waals surface area (Å²) in [6.07, 6.45) is 0. The van der Waals surface area contributed by atoms with Crippen LogP contribution < -0.4 is 5.32 Å². The Morgan fingerprint density at radius 1 is 1.41 bits per heavy atom. The Morgan fingerprint density at radius 2 is 2.09 bits per heavy atom. The molecule has 0 saturated carbocycles.